The Bertz CT molecular complexity index is 853. The summed E-state index contributed by atoms with van der Waals surface area (Å²) < 4.78 is 33.3. The van der Waals surface area contributed by atoms with Gasteiger partial charge in [-0.3, -0.25) is 4.79 Å². The fraction of sp³-hybridized carbons (Fsp3) is 0.737. The second kappa shape index (κ2) is 10.1. The molecule has 1 heterocycles. The molecule has 2 rings (SSSR count). The van der Waals surface area contributed by atoms with Gasteiger partial charge in [0.1, 0.15) is 5.60 Å². The van der Waals surface area contributed by atoms with E-state index in [2.05, 4.69) is 20.3 Å². The normalized spacial score (nSPS) is 19.9. The molecule has 170 valence electrons. The van der Waals surface area contributed by atoms with Crippen LogP contribution in [0.4, 0.5) is 10.6 Å². The SMILES string of the molecule is CC(=O)Nc1nc(C)sc1S(=O)(=O)NC[C@H]1CC[C@H](CNC(=O)OC(C)(C)C)CC1. The topological polar surface area (TPSA) is 126 Å². The van der Waals surface area contributed by atoms with Crippen LogP contribution in [0.3, 0.4) is 0 Å². The first-order valence-corrected chi connectivity index (χ1v) is 12.4. The lowest BCUT2D eigenvalue weighted by Gasteiger charge is -2.29. The first-order chi connectivity index (χ1) is 13.9. The number of carbonyl (C=O) groups is 2. The summed E-state index contributed by atoms with van der Waals surface area (Å²) in [5.41, 5.74) is -0.519. The molecule has 0 aliphatic heterocycles. The molecule has 1 aliphatic carbocycles. The maximum absolute atomic E-state index is 12.7. The number of thiazole rings is 1. The van der Waals surface area contributed by atoms with Crippen LogP contribution in [0.15, 0.2) is 4.21 Å². The number of aromatic nitrogens is 1. The van der Waals surface area contributed by atoms with Gasteiger partial charge in [0.15, 0.2) is 10.0 Å². The smallest absolute Gasteiger partial charge is 0.407 e. The fourth-order valence-corrected chi connectivity index (χ4v) is 5.82. The molecule has 2 amide bonds. The molecular weight excluding hydrogens is 428 g/mol. The molecule has 0 unspecified atom stereocenters. The van der Waals surface area contributed by atoms with Crippen LogP contribution >= 0.6 is 11.3 Å². The van der Waals surface area contributed by atoms with E-state index in [4.69, 9.17) is 4.74 Å². The van der Waals surface area contributed by atoms with Gasteiger partial charge < -0.3 is 15.4 Å². The summed E-state index contributed by atoms with van der Waals surface area (Å²) in [6.07, 6.45) is 3.18. The van der Waals surface area contributed by atoms with Crippen LogP contribution in [0, 0.1) is 18.8 Å². The van der Waals surface area contributed by atoms with Gasteiger partial charge >= 0.3 is 6.09 Å². The molecule has 30 heavy (non-hydrogen) atoms. The summed E-state index contributed by atoms with van der Waals surface area (Å²) in [4.78, 5) is 27.2. The number of rotatable bonds is 7. The molecule has 0 spiro atoms. The number of sulfonamides is 1. The van der Waals surface area contributed by atoms with Gasteiger partial charge in [-0.1, -0.05) is 0 Å². The molecule has 3 N–H and O–H groups in total. The number of amides is 2. The zero-order valence-corrected chi connectivity index (χ0v) is 19.8. The van der Waals surface area contributed by atoms with Crippen molar-refractivity contribution in [3.8, 4) is 0 Å². The average Bonchev–Trinajstić information content (AvgIpc) is 2.98. The molecule has 0 radical (unpaired) electrons. The highest BCUT2D eigenvalue weighted by molar-refractivity contribution is 7.91. The maximum Gasteiger partial charge on any atom is 0.407 e. The molecule has 0 bridgehead atoms. The summed E-state index contributed by atoms with van der Waals surface area (Å²) >= 11 is 1.03. The summed E-state index contributed by atoms with van der Waals surface area (Å²) in [7, 11) is -3.75. The van der Waals surface area contributed by atoms with Crippen molar-refractivity contribution < 1.29 is 22.7 Å². The zero-order chi connectivity index (χ0) is 22.5. The van der Waals surface area contributed by atoms with Crippen LogP contribution in [0.5, 0.6) is 0 Å². The minimum Gasteiger partial charge on any atom is -0.444 e. The zero-order valence-electron chi connectivity index (χ0n) is 18.2. The van der Waals surface area contributed by atoms with Gasteiger partial charge in [-0.05, 0) is 65.2 Å². The number of carbonyl (C=O) groups excluding carboxylic acids is 2. The predicted octanol–water partition coefficient (Wildman–Crippen LogP) is 3.02. The molecule has 0 saturated heterocycles. The molecule has 1 aromatic heterocycles. The van der Waals surface area contributed by atoms with E-state index in [9.17, 15) is 18.0 Å². The monoisotopic (exact) mass is 460 g/mol. The Balaban J connectivity index is 1.80. The van der Waals surface area contributed by atoms with Gasteiger partial charge in [0.05, 0.1) is 5.01 Å². The van der Waals surface area contributed by atoms with Crippen molar-refractivity contribution in [1.82, 2.24) is 15.0 Å². The molecule has 0 atom stereocenters. The van der Waals surface area contributed by atoms with Crippen LogP contribution < -0.4 is 15.4 Å². The largest absolute Gasteiger partial charge is 0.444 e. The minimum atomic E-state index is -3.75. The molecule has 9 nitrogen and oxygen atoms in total. The highest BCUT2D eigenvalue weighted by Crippen LogP contribution is 2.30. The third-order valence-corrected chi connectivity index (χ3v) is 7.61. The van der Waals surface area contributed by atoms with E-state index in [1.807, 2.05) is 20.8 Å². The molecule has 11 heteroatoms. The second-order valence-corrected chi connectivity index (χ2v) is 11.8. The molecule has 1 aliphatic rings. The highest BCUT2D eigenvalue weighted by atomic mass is 32.2. The first kappa shape index (κ1) is 24.5. The number of ether oxygens (including phenoxy) is 1. The summed E-state index contributed by atoms with van der Waals surface area (Å²) in [5, 5.41) is 5.86. The Kier molecular flexibility index (Phi) is 8.23. The standard InChI is InChI=1S/C19H32N4O5S2/c1-12(24)22-16-17(29-13(2)23-16)30(26,27)21-11-15-8-6-14(7-9-15)10-20-18(25)28-19(3,4)5/h14-15,21H,6-11H2,1-5H3,(H,20,25)(H,22,24)/t14-,15-. The second-order valence-electron chi connectivity index (χ2n) is 8.67. The van der Waals surface area contributed by atoms with Gasteiger partial charge in [0.2, 0.25) is 5.91 Å². The van der Waals surface area contributed by atoms with Gasteiger partial charge in [-0.2, -0.15) is 0 Å². The predicted molar refractivity (Wildman–Crippen MR) is 116 cm³/mol. The number of nitrogens with zero attached hydrogens (tertiary/aromatic N) is 1. The van der Waals surface area contributed by atoms with Crippen LogP contribution in [-0.2, 0) is 19.6 Å². The lowest BCUT2D eigenvalue weighted by molar-refractivity contribution is -0.114. The van der Waals surface area contributed by atoms with E-state index < -0.39 is 21.7 Å². The number of alkyl carbamates (subject to hydrolysis) is 1. The van der Waals surface area contributed by atoms with Crippen LogP contribution in [-0.4, -0.2) is 44.1 Å². The Labute approximate surface area is 182 Å². The molecular formula is C19H32N4O5S2. The van der Waals surface area contributed by atoms with E-state index in [0.29, 0.717) is 24.0 Å². The number of hydrogen-bond acceptors (Lipinski definition) is 7. The number of aryl methyl sites for hydroxylation is 1. The quantitative estimate of drug-likeness (QED) is 0.574. The molecule has 1 aromatic rings. The van der Waals surface area contributed by atoms with Gasteiger partial charge in [-0.25, -0.2) is 22.9 Å². The maximum atomic E-state index is 12.7. The van der Waals surface area contributed by atoms with Crippen molar-refractivity contribution >= 4 is 39.2 Å². The van der Waals surface area contributed by atoms with Crippen molar-refractivity contribution in [1.29, 1.82) is 0 Å². The van der Waals surface area contributed by atoms with Crippen LogP contribution in [0.2, 0.25) is 0 Å². The Morgan fingerprint density at radius 3 is 2.23 bits per heavy atom. The summed E-state index contributed by atoms with van der Waals surface area (Å²) in [5.74, 6) is 0.307. The Morgan fingerprint density at radius 2 is 1.70 bits per heavy atom. The highest BCUT2D eigenvalue weighted by Gasteiger charge is 2.27. The first-order valence-electron chi connectivity index (χ1n) is 10.1. The van der Waals surface area contributed by atoms with E-state index in [0.717, 1.165) is 37.0 Å². The lowest BCUT2D eigenvalue weighted by atomic mass is 9.82. The van der Waals surface area contributed by atoms with Crippen LogP contribution in [0.25, 0.3) is 0 Å². The van der Waals surface area contributed by atoms with Crippen molar-refractivity contribution in [2.75, 3.05) is 18.4 Å². The molecule has 1 fully saturated rings. The Morgan fingerprint density at radius 1 is 1.13 bits per heavy atom. The summed E-state index contributed by atoms with van der Waals surface area (Å²) in [6, 6.07) is 0. The van der Waals surface area contributed by atoms with E-state index >= 15 is 0 Å². The number of hydrogen-bond donors (Lipinski definition) is 3. The van der Waals surface area contributed by atoms with Crippen LogP contribution in [0.1, 0.15) is 58.4 Å². The number of anilines is 1. The Hall–Kier alpha value is -1.72. The molecule has 1 saturated carbocycles. The molecule has 0 aromatic carbocycles. The lowest BCUT2D eigenvalue weighted by Crippen LogP contribution is -2.37. The van der Waals surface area contributed by atoms with Gasteiger partial charge in [0, 0.05) is 20.0 Å². The minimum absolute atomic E-state index is 0.0328. The fourth-order valence-electron chi connectivity index (χ4n) is 3.31. The van der Waals surface area contributed by atoms with E-state index in [1.54, 1.807) is 6.92 Å². The van der Waals surface area contributed by atoms with Crippen molar-refractivity contribution in [2.24, 2.45) is 11.8 Å². The van der Waals surface area contributed by atoms with E-state index in [-0.39, 0.29) is 21.9 Å². The average molecular weight is 461 g/mol. The van der Waals surface area contributed by atoms with Crippen molar-refractivity contribution in [3.05, 3.63) is 5.01 Å². The number of nitrogens with one attached hydrogen (secondary N) is 3. The third kappa shape index (κ3) is 7.84. The van der Waals surface area contributed by atoms with Gasteiger partial charge in [-0.15, -0.1) is 11.3 Å². The van der Waals surface area contributed by atoms with E-state index in [1.165, 1.54) is 6.92 Å². The summed E-state index contributed by atoms with van der Waals surface area (Å²) in [6.45, 7) is 9.39. The van der Waals surface area contributed by atoms with Crippen molar-refractivity contribution in [2.45, 2.75) is 70.1 Å². The van der Waals surface area contributed by atoms with Crippen molar-refractivity contribution in [3.63, 3.8) is 0 Å². The van der Waals surface area contributed by atoms with Gasteiger partial charge in [0.25, 0.3) is 10.0 Å². The third-order valence-electron chi connectivity index (χ3n) is 4.70.